The molecule has 2 aromatic carbocycles. The summed E-state index contributed by atoms with van der Waals surface area (Å²) in [5.74, 6) is -0.470. The van der Waals surface area contributed by atoms with Gasteiger partial charge < -0.3 is 15.3 Å². The number of nitrogens with zero attached hydrogens (tertiary/aromatic N) is 3. The zero-order chi connectivity index (χ0) is 20.6. The van der Waals surface area contributed by atoms with E-state index in [0.717, 1.165) is 5.56 Å². The molecular weight excluding hydrogens is 368 g/mol. The number of hydrogen-bond donors (Lipinski definition) is 2. The zero-order valence-corrected chi connectivity index (χ0v) is 16.1. The highest BCUT2D eigenvalue weighted by Crippen LogP contribution is 2.15. The van der Waals surface area contributed by atoms with Crippen molar-refractivity contribution in [3.8, 4) is 6.07 Å². The van der Waals surface area contributed by atoms with Crippen molar-refractivity contribution in [3.05, 3.63) is 71.3 Å². The van der Waals surface area contributed by atoms with Crippen LogP contribution in [0.4, 0.5) is 0 Å². The zero-order valence-electron chi connectivity index (χ0n) is 16.1. The molecule has 0 radical (unpaired) electrons. The van der Waals surface area contributed by atoms with E-state index in [4.69, 9.17) is 5.26 Å². The van der Waals surface area contributed by atoms with E-state index in [1.54, 1.807) is 29.2 Å². The van der Waals surface area contributed by atoms with E-state index < -0.39 is 6.10 Å². The summed E-state index contributed by atoms with van der Waals surface area (Å²) in [6.07, 6.45) is -0.551. The van der Waals surface area contributed by atoms with Crippen molar-refractivity contribution in [1.82, 2.24) is 15.1 Å². The minimum Gasteiger partial charge on any atom is -0.387 e. The average molecular weight is 392 g/mol. The molecular formula is C22H24N4O3. The van der Waals surface area contributed by atoms with Gasteiger partial charge in [-0.05, 0) is 29.8 Å². The lowest BCUT2D eigenvalue weighted by Gasteiger charge is -2.35. The van der Waals surface area contributed by atoms with Crippen molar-refractivity contribution in [3.63, 3.8) is 0 Å². The Morgan fingerprint density at radius 3 is 2.31 bits per heavy atom. The van der Waals surface area contributed by atoms with Gasteiger partial charge in [-0.3, -0.25) is 14.5 Å². The SMILES string of the molecule is N#Cc1ccc(C(=O)NCC(=O)N2CCN(C[C@@H](O)c3ccccc3)CC2)cc1. The highest BCUT2D eigenvalue weighted by Gasteiger charge is 2.23. The van der Waals surface area contributed by atoms with Crippen LogP contribution in [-0.4, -0.2) is 66.0 Å². The van der Waals surface area contributed by atoms with E-state index in [9.17, 15) is 14.7 Å². The van der Waals surface area contributed by atoms with Gasteiger partial charge >= 0.3 is 0 Å². The second kappa shape index (κ2) is 9.82. The summed E-state index contributed by atoms with van der Waals surface area (Å²) in [6, 6.07) is 17.8. The van der Waals surface area contributed by atoms with Gasteiger partial charge in [0.05, 0.1) is 24.3 Å². The van der Waals surface area contributed by atoms with Crippen molar-refractivity contribution in [2.45, 2.75) is 6.10 Å². The number of hydrogen-bond acceptors (Lipinski definition) is 5. The first-order chi connectivity index (χ1) is 14.1. The maximum atomic E-state index is 12.4. The van der Waals surface area contributed by atoms with Crippen molar-refractivity contribution < 1.29 is 14.7 Å². The lowest BCUT2D eigenvalue weighted by Crippen LogP contribution is -2.51. The molecule has 0 spiro atoms. The Morgan fingerprint density at radius 2 is 1.69 bits per heavy atom. The summed E-state index contributed by atoms with van der Waals surface area (Å²) in [4.78, 5) is 28.4. The van der Waals surface area contributed by atoms with Gasteiger partial charge in [0.1, 0.15) is 0 Å². The molecule has 0 bridgehead atoms. The van der Waals surface area contributed by atoms with Gasteiger partial charge in [-0.2, -0.15) is 5.26 Å². The number of piperazine rings is 1. The van der Waals surface area contributed by atoms with Gasteiger partial charge in [-0.25, -0.2) is 0 Å². The lowest BCUT2D eigenvalue weighted by molar-refractivity contribution is -0.132. The summed E-state index contributed by atoms with van der Waals surface area (Å²) < 4.78 is 0. The average Bonchev–Trinajstić information content (AvgIpc) is 2.78. The molecule has 3 rings (SSSR count). The standard InChI is InChI=1S/C22H24N4O3/c23-14-17-6-8-19(9-7-17)22(29)24-15-21(28)26-12-10-25(11-13-26)16-20(27)18-4-2-1-3-5-18/h1-9,20,27H,10-13,15-16H2,(H,24,29)/t20-/m1/s1. The Bertz CT molecular complexity index is 869. The summed E-state index contributed by atoms with van der Waals surface area (Å²) in [6.45, 7) is 2.95. The van der Waals surface area contributed by atoms with Crippen molar-refractivity contribution >= 4 is 11.8 Å². The molecule has 2 amide bonds. The quantitative estimate of drug-likeness (QED) is 0.769. The minimum atomic E-state index is -0.551. The molecule has 1 atom stereocenters. The number of nitrogens with one attached hydrogen (secondary N) is 1. The molecule has 0 saturated carbocycles. The van der Waals surface area contributed by atoms with Crippen molar-refractivity contribution in [2.24, 2.45) is 0 Å². The van der Waals surface area contributed by atoms with Crippen LogP contribution in [0.2, 0.25) is 0 Å². The first-order valence-corrected chi connectivity index (χ1v) is 9.58. The topological polar surface area (TPSA) is 96.7 Å². The van der Waals surface area contributed by atoms with E-state index >= 15 is 0 Å². The second-order valence-electron chi connectivity index (χ2n) is 6.98. The molecule has 150 valence electrons. The normalized spacial score (nSPS) is 15.4. The van der Waals surface area contributed by atoms with Gasteiger partial charge in [-0.15, -0.1) is 0 Å². The van der Waals surface area contributed by atoms with Crippen molar-refractivity contribution in [1.29, 1.82) is 5.26 Å². The van der Waals surface area contributed by atoms with Crippen LogP contribution in [-0.2, 0) is 4.79 Å². The number of carbonyl (C=O) groups is 2. The number of aliphatic hydroxyl groups is 1. The Kier molecular flexibility index (Phi) is 6.95. The molecule has 1 heterocycles. The predicted octanol–water partition coefficient (Wildman–Crippen LogP) is 1.17. The van der Waals surface area contributed by atoms with Crippen LogP contribution in [0.3, 0.4) is 0 Å². The molecule has 1 saturated heterocycles. The van der Waals surface area contributed by atoms with Gasteiger partial charge in [0, 0.05) is 38.3 Å². The first kappa shape index (κ1) is 20.5. The Hall–Kier alpha value is -3.21. The third-order valence-electron chi connectivity index (χ3n) is 5.02. The third kappa shape index (κ3) is 5.64. The van der Waals surface area contributed by atoms with E-state index in [2.05, 4.69) is 10.2 Å². The van der Waals surface area contributed by atoms with Crippen LogP contribution in [0, 0.1) is 11.3 Å². The van der Waals surface area contributed by atoms with Crippen molar-refractivity contribution in [2.75, 3.05) is 39.3 Å². The maximum absolute atomic E-state index is 12.4. The largest absolute Gasteiger partial charge is 0.387 e. The van der Waals surface area contributed by atoms with E-state index in [-0.39, 0.29) is 18.4 Å². The highest BCUT2D eigenvalue weighted by molar-refractivity contribution is 5.96. The molecule has 1 aliphatic rings. The molecule has 7 nitrogen and oxygen atoms in total. The number of nitriles is 1. The summed E-state index contributed by atoms with van der Waals surface area (Å²) in [7, 11) is 0. The molecule has 7 heteroatoms. The number of benzene rings is 2. The first-order valence-electron chi connectivity index (χ1n) is 9.58. The van der Waals surface area contributed by atoms with Gasteiger partial charge in [0.25, 0.3) is 5.91 Å². The van der Waals surface area contributed by atoms with Crippen LogP contribution in [0.5, 0.6) is 0 Å². The minimum absolute atomic E-state index is 0.0640. The Morgan fingerprint density at radius 1 is 1.03 bits per heavy atom. The van der Waals surface area contributed by atoms with Crippen LogP contribution in [0.1, 0.15) is 27.6 Å². The third-order valence-corrected chi connectivity index (χ3v) is 5.02. The lowest BCUT2D eigenvalue weighted by atomic mass is 10.1. The molecule has 29 heavy (non-hydrogen) atoms. The predicted molar refractivity (Wildman–Crippen MR) is 108 cm³/mol. The Balaban J connectivity index is 1.41. The van der Waals surface area contributed by atoms with Gasteiger partial charge in [0.2, 0.25) is 5.91 Å². The summed E-state index contributed by atoms with van der Waals surface area (Å²) in [5, 5.41) is 21.8. The molecule has 0 aromatic heterocycles. The van der Waals surface area contributed by atoms with Crippen LogP contribution in [0.25, 0.3) is 0 Å². The molecule has 0 aliphatic carbocycles. The number of β-amino-alcohol motifs (C(OH)–C–C–N with tert-alkyl or cyclic N) is 1. The number of amides is 2. The van der Waals surface area contributed by atoms with Crippen LogP contribution >= 0.6 is 0 Å². The second-order valence-corrected chi connectivity index (χ2v) is 6.98. The molecule has 1 fully saturated rings. The van der Waals surface area contributed by atoms with Crippen LogP contribution < -0.4 is 5.32 Å². The number of aliphatic hydroxyl groups excluding tert-OH is 1. The fraction of sp³-hybridized carbons (Fsp3) is 0.318. The Labute approximate surface area is 170 Å². The van der Waals surface area contributed by atoms with Crippen LogP contribution in [0.15, 0.2) is 54.6 Å². The fourth-order valence-electron chi connectivity index (χ4n) is 3.27. The van der Waals surface area contributed by atoms with E-state index in [0.29, 0.717) is 43.9 Å². The maximum Gasteiger partial charge on any atom is 0.251 e. The molecule has 2 aromatic rings. The van der Waals surface area contributed by atoms with Gasteiger partial charge in [-0.1, -0.05) is 30.3 Å². The number of carbonyl (C=O) groups excluding carboxylic acids is 2. The fourth-order valence-corrected chi connectivity index (χ4v) is 3.27. The smallest absolute Gasteiger partial charge is 0.251 e. The highest BCUT2D eigenvalue weighted by atomic mass is 16.3. The summed E-state index contributed by atoms with van der Waals surface area (Å²) >= 11 is 0. The molecule has 0 unspecified atom stereocenters. The summed E-state index contributed by atoms with van der Waals surface area (Å²) in [5.41, 5.74) is 1.78. The molecule has 1 aliphatic heterocycles. The van der Waals surface area contributed by atoms with E-state index in [1.807, 2.05) is 36.4 Å². The molecule has 2 N–H and O–H groups in total. The van der Waals surface area contributed by atoms with E-state index in [1.165, 1.54) is 0 Å². The monoisotopic (exact) mass is 392 g/mol. The number of rotatable bonds is 6. The van der Waals surface area contributed by atoms with Gasteiger partial charge in [0.15, 0.2) is 0 Å².